The zero-order valence-corrected chi connectivity index (χ0v) is 8.12. The van der Waals surface area contributed by atoms with Crippen LogP contribution in [0.2, 0.25) is 0 Å². The van der Waals surface area contributed by atoms with Gasteiger partial charge in [0.05, 0.1) is 6.04 Å². The molecule has 0 saturated heterocycles. The largest absolute Gasteiger partial charge is 0.307 e. The highest BCUT2D eigenvalue weighted by atomic mass is 14.9. The van der Waals surface area contributed by atoms with Gasteiger partial charge in [0.1, 0.15) is 6.33 Å². The molecule has 1 aromatic rings. The fourth-order valence-corrected chi connectivity index (χ4v) is 1.24. The Morgan fingerprint density at radius 2 is 2.15 bits per heavy atom. The van der Waals surface area contributed by atoms with E-state index in [1.54, 1.807) is 0 Å². The van der Waals surface area contributed by atoms with E-state index in [1.165, 1.54) is 6.33 Å². The van der Waals surface area contributed by atoms with Crippen molar-refractivity contribution >= 4 is 0 Å². The smallest absolute Gasteiger partial charge is 0.115 e. The molecular formula is C10H15N3. The van der Waals surface area contributed by atoms with Crippen molar-refractivity contribution in [3.05, 3.63) is 36.4 Å². The van der Waals surface area contributed by atoms with Crippen molar-refractivity contribution in [3.63, 3.8) is 0 Å². The fourth-order valence-electron chi connectivity index (χ4n) is 1.24. The van der Waals surface area contributed by atoms with Gasteiger partial charge in [0.15, 0.2) is 0 Å². The SMILES string of the molecule is C=C(C)C(NCC)c1cncnc1. The van der Waals surface area contributed by atoms with Crippen LogP contribution in [0, 0.1) is 0 Å². The van der Waals surface area contributed by atoms with Gasteiger partial charge in [-0.1, -0.05) is 19.1 Å². The Bertz CT molecular complexity index is 269. The number of nitrogens with zero attached hydrogens (tertiary/aromatic N) is 2. The molecule has 0 spiro atoms. The average Bonchev–Trinajstić information content (AvgIpc) is 2.15. The van der Waals surface area contributed by atoms with Crippen LogP contribution >= 0.6 is 0 Å². The molecular weight excluding hydrogens is 162 g/mol. The van der Waals surface area contributed by atoms with Crippen molar-refractivity contribution in [2.24, 2.45) is 0 Å². The predicted molar refractivity (Wildman–Crippen MR) is 53.3 cm³/mol. The number of nitrogens with one attached hydrogen (secondary N) is 1. The number of likely N-dealkylation sites (N-methyl/N-ethyl adjacent to an activating group) is 1. The van der Waals surface area contributed by atoms with Gasteiger partial charge < -0.3 is 5.32 Å². The molecule has 1 rings (SSSR count). The molecule has 0 saturated carbocycles. The zero-order chi connectivity index (χ0) is 9.68. The third-order valence-corrected chi connectivity index (χ3v) is 1.81. The van der Waals surface area contributed by atoms with E-state index < -0.39 is 0 Å². The summed E-state index contributed by atoms with van der Waals surface area (Å²) in [4.78, 5) is 7.96. The van der Waals surface area contributed by atoms with Gasteiger partial charge in [-0.2, -0.15) is 0 Å². The molecule has 0 amide bonds. The van der Waals surface area contributed by atoms with Gasteiger partial charge in [0.25, 0.3) is 0 Å². The molecule has 3 nitrogen and oxygen atoms in total. The molecule has 13 heavy (non-hydrogen) atoms. The van der Waals surface area contributed by atoms with Crippen LogP contribution in [0.25, 0.3) is 0 Å². The van der Waals surface area contributed by atoms with Gasteiger partial charge in [-0.25, -0.2) is 9.97 Å². The van der Waals surface area contributed by atoms with E-state index in [2.05, 4.69) is 28.8 Å². The first-order valence-electron chi connectivity index (χ1n) is 4.39. The quantitative estimate of drug-likeness (QED) is 0.711. The first kappa shape index (κ1) is 9.86. The van der Waals surface area contributed by atoms with Crippen molar-refractivity contribution in [3.8, 4) is 0 Å². The highest BCUT2D eigenvalue weighted by Crippen LogP contribution is 2.17. The van der Waals surface area contributed by atoms with Crippen LogP contribution in [-0.4, -0.2) is 16.5 Å². The molecule has 1 N–H and O–H groups in total. The molecule has 1 aromatic heterocycles. The van der Waals surface area contributed by atoms with Crippen molar-refractivity contribution in [1.29, 1.82) is 0 Å². The van der Waals surface area contributed by atoms with Crippen LogP contribution in [0.4, 0.5) is 0 Å². The second-order valence-electron chi connectivity index (χ2n) is 3.01. The van der Waals surface area contributed by atoms with Gasteiger partial charge in [0, 0.05) is 18.0 Å². The molecule has 0 aromatic carbocycles. The maximum absolute atomic E-state index is 3.98. The summed E-state index contributed by atoms with van der Waals surface area (Å²) in [6.45, 7) is 8.91. The van der Waals surface area contributed by atoms with E-state index in [0.29, 0.717) is 0 Å². The molecule has 70 valence electrons. The number of hydrogen-bond donors (Lipinski definition) is 1. The summed E-state index contributed by atoms with van der Waals surface area (Å²) in [5.74, 6) is 0. The summed E-state index contributed by atoms with van der Waals surface area (Å²) in [6.07, 6.45) is 5.16. The molecule has 3 heteroatoms. The molecule has 0 radical (unpaired) electrons. The van der Waals surface area contributed by atoms with Crippen molar-refractivity contribution < 1.29 is 0 Å². The normalized spacial score (nSPS) is 12.5. The minimum Gasteiger partial charge on any atom is -0.307 e. The Morgan fingerprint density at radius 3 is 2.62 bits per heavy atom. The van der Waals surface area contributed by atoms with E-state index >= 15 is 0 Å². The van der Waals surface area contributed by atoms with Crippen molar-refractivity contribution in [2.75, 3.05) is 6.54 Å². The molecule has 0 fully saturated rings. The first-order chi connectivity index (χ1) is 6.25. The Labute approximate surface area is 78.9 Å². The van der Waals surface area contributed by atoms with Gasteiger partial charge in [-0.3, -0.25) is 0 Å². The first-order valence-corrected chi connectivity index (χ1v) is 4.39. The molecule has 1 unspecified atom stereocenters. The standard InChI is InChI=1S/C10H15N3/c1-4-13-10(8(2)3)9-5-11-7-12-6-9/h5-7,10,13H,2,4H2,1,3H3. The summed E-state index contributed by atoms with van der Waals surface area (Å²) >= 11 is 0. The second-order valence-corrected chi connectivity index (χ2v) is 3.01. The monoisotopic (exact) mass is 177 g/mol. The Balaban J connectivity index is 2.82. The van der Waals surface area contributed by atoms with E-state index in [4.69, 9.17) is 0 Å². The molecule has 0 bridgehead atoms. The Morgan fingerprint density at radius 1 is 1.54 bits per heavy atom. The van der Waals surface area contributed by atoms with Gasteiger partial charge >= 0.3 is 0 Å². The van der Waals surface area contributed by atoms with Crippen LogP contribution < -0.4 is 5.32 Å². The highest BCUT2D eigenvalue weighted by molar-refractivity contribution is 5.20. The third kappa shape index (κ3) is 2.63. The van der Waals surface area contributed by atoms with Crippen LogP contribution in [0.1, 0.15) is 25.5 Å². The van der Waals surface area contributed by atoms with Crippen molar-refractivity contribution in [1.82, 2.24) is 15.3 Å². The summed E-state index contributed by atoms with van der Waals surface area (Å²) < 4.78 is 0. The lowest BCUT2D eigenvalue weighted by Gasteiger charge is -2.17. The Kier molecular flexibility index (Phi) is 3.58. The summed E-state index contributed by atoms with van der Waals surface area (Å²) in [7, 11) is 0. The van der Waals surface area contributed by atoms with Gasteiger partial charge in [0.2, 0.25) is 0 Å². The lowest BCUT2D eigenvalue weighted by atomic mass is 10.0. The molecule has 1 atom stereocenters. The molecule has 0 aliphatic heterocycles. The van der Waals surface area contributed by atoms with E-state index in [1.807, 2.05) is 19.3 Å². The number of aromatic nitrogens is 2. The average molecular weight is 177 g/mol. The topological polar surface area (TPSA) is 37.8 Å². The summed E-state index contributed by atoms with van der Waals surface area (Å²) in [6, 6.07) is 0.172. The third-order valence-electron chi connectivity index (χ3n) is 1.81. The number of hydrogen-bond acceptors (Lipinski definition) is 3. The molecule has 0 aliphatic rings. The van der Waals surface area contributed by atoms with Crippen LogP contribution in [-0.2, 0) is 0 Å². The van der Waals surface area contributed by atoms with Crippen LogP contribution in [0.3, 0.4) is 0 Å². The van der Waals surface area contributed by atoms with E-state index in [-0.39, 0.29) is 6.04 Å². The van der Waals surface area contributed by atoms with Gasteiger partial charge in [-0.15, -0.1) is 0 Å². The Hall–Kier alpha value is -1.22. The highest BCUT2D eigenvalue weighted by Gasteiger charge is 2.10. The van der Waals surface area contributed by atoms with Crippen LogP contribution in [0.15, 0.2) is 30.9 Å². The zero-order valence-electron chi connectivity index (χ0n) is 8.12. The van der Waals surface area contributed by atoms with Crippen molar-refractivity contribution in [2.45, 2.75) is 19.9 Å². The summed E-state index contributed by atoms with van der Waals surface area (Å²) in [5.41, 5.74) is 2.15. The predicted octanol–water partition coefficient (Wildman–Crippen LogP) is 1.70. The lowest BCUT2D eigenvalue weighted by Crippen LogP contribution is -2.21. The maximum Gasteiger partial charge on any atom is 0.115 e. The second kappa shape index (κ2) is 4.72. The number of rotatable bonds is 4. The minimum absolute atomic E-state index is 0.172. The van der Waals surface area contributed by atoms with E-state index in [9.17, 15) is 0 Å². The maximum atomic E-state index is 3.98. The summed E-state index contributed by atoms with van der Waals surface area (Å²) in [5, 5.41) is 3.32. The lowest BCUT2D eigenvalue weighted by molar-refractivity contribution is 0.617. The minimum atomic E-state index is 0.172. The van der Waals surface area contributed by atoms with Crippen LogP contribution in [0.5, 0.6) is 0 Å². The molecule has 0 aliphatic carbocycles. The molecule has 1 heterocycles. The fraction of sp³-hybridized carbons (Fsp3) is 0.400. The van der Waals surface area contributed by atoms with E-state index in [0.717, 1.165) is 17.7 Å². The van der Waals surface area contributed by atoms with Gasteiger partial charge in [-0.05, 0) is 13.5 Å².